The molecule has 0 bridgehead atoms. The third-order valence-corrected chi connectivity index (χ3v) is 4.01. The molecular weight excluding hydrogens is 280 g/mol. The highest BCUT2D eigenvalue weighted by Gasteiger charge is 2.07. The summed E-state index contributed by atoms with van der Waals surface area (Å²) in [5.74, 6) is 0. The van der Waals surface area contributed by atoms with E-state index in [1.54, 1.807) is 11.3 Å². The lowest BCUT2D eigenvalue weighted by molar-refractivity contribution is 0.311. The third-order valence-electron chi connectivity index (χ3n) is 3.11. The third kappa shape index (κ3) is 5.53. The molecule has 0 aliphatic carbocycles. The number of nitrogens with zero attached hydrogens (tertiary/aromatic N) is 3. The van der Waals surface area contributed by atoms with Crippen LogP contribution in [0.15, 0.2) is 23.6 Å². The number of nitrogens with one attached hydrogen (secondary N) is 1. The Morgan fingerprint density at radius 1 is 1.19 bits per heavy atom. The Hall–Kier alpha value is -1.30. The van der Waals surface area contributed by atoms with Crippen LogP contribution in [-0.4, -0.2) is 28.5 Å². The van der Waals surface area contributed by atoms with Crippen LogP contribution in [0.4, 0.5) is 0 Å². The van der Waals surface area contributed by atoms with E-state index in [4.69, 9.17) is 0 Å². The molecule has 2 rings (SSSR count). The number of hydrogen-bond donors (Lipinski definition) is 1. The molecule has 114 valence electrons. The van der Waals surface area contributed by atoms with Crippen LogP contribution in [0, 0.1) is 6.92 Å². The zero-order valence-electron chi connectivity index (χ0n) is 13.1. The molecule has 5 heteroatoms. The Balaban J connectivity index is 1.83. The number of hydrogen-bond acceptors (Lipinski definition) is 5. The van der Waals surface area contributed by atoms with E-state index in [0.717, 1.165) is 49.7 Å². The molecule has 0 atom stereocenters. The normalized spacial score (nSPS) is 11.2. The minimum Gasteiger partial charge on any atom is -0.310 e. The van der Waals surface area contributed by atoms with Crippen molar-refractivity contribution in [2.24, 2.45) is 0 Å². The van der Waals surface area contributed by atoms with Crippen molar-refractivity contribution >= 4 is 11.3 Å². The summed E-state index contributed by atoms with van der Waals surface area (Å²) < 4.78 is 0. The number of rotatable bonds is 8. The van der Waals surface area contributed by atoms with Crippen LogP contribution in [0.1, 0.15) is 35.4 Å². The Morgan fingerprint density at radius 3 is 2.76 bits per heavy atom. The van der Waals surface area contributed by atoms with Gasteiger partial charge in [-0.2, -0.15) is 0 Å². The van der Waals surface area contributed by atoms with Crippen molar-refractivity contribution in [3.8, 4) is 0 Å². The molecule has 2 aromatic rings. The van der Waals surface area contributed by atoms with Gasteiger partial charge in [-0.05, 0) is 39.1 Å². The van der Waals surface area contributed by atoms with Gasteiger partial charge >= 0.3 is 0 Å². The maximum Gasteiger partial charge on any atom is 0.107 e. The first kappa shape index (κ1) is 16.1. The van der Waals surface area contributed by atoms with Crippen molar-refractivity contribution < 1.29 is 0 Å². The summed E-state index contributed by atoms with van der Waals surface area (Å²) in [5.41, 5.74) is 3.32. The molecular formula is C16H24N4S. The SMILES string of the molecule is CCCNCc1nc(CN(C)Cc2cccc(C)n2)cs1. The van der Waals surface area contributed by atoms with Gasteiger partial charge in [-0.3, -0.25) is 9.88 Å². The van der Waals surface area contributed by atoms with Gasteiger partial charge in [0.2, 0.25) is 0 Å². The minimum absolute atomic E-state index is 0.850. The summed E-state index contributed by atoms with van der Waals surface area (Å²) in [5, 5.41) is 6.71. The molecule has 0 unspecified atom stereocenters. The van der Waals surface area contributed by atoms with Gasteiger partial charge in [-0.15, -0.1) is 11.3 Å². The molecule has 0 fully saturated rings. The summed E-state index contributed by atoms with van der Waals surface area (Å²) >= 11 is 1.73. The second kappa shape index (κ2) is 8.22. The van der Waals surface area contributed by atoms with Gasteiger partial charge in [-0.25, -0.2) is 4.98 Å². The molecule has 0 radical (unpaired) electrons. The molecule has 0 aliphatic heterocycles. The lowest BCUT2D eigenvalue weighted by Gasteiger charge is -2.14. The molecule has 0 saturated carbocycles. The topological polar surface area (TPSA) is 41.1 Å². The Kier molecular flexibility index (Phi) is 6.29. The predicted molar refractivity (Wildman–Crippen MR) is 88.3 cm³/mol. The summed E-state index contributed by atoms with van der Waals surface area (Å²) in [6.07, 6.45) is 1.16. The van der Waals surface area contributed by atoms with Crippen LogP contribution in [0.3, 0.4) is 0 Å². The molecule has 1 N–H and O–H groups in total. The van der Waals surface area contributed by atoms with E-state index in [-0.39, 0.29) is 0 Å². The summed E-state index contributed by atoms with van der Waals surface area (Å²) in [7, 11) is 2.11. The standard InChI is InChI=1S/C16H24N4S/c1-4-8-17-9-16-19-15(12-21-16)11-20(3)10-14-7-5-6-13(2)18-14/h5-7,12,17H,4,8-11H2,1-3H3. The molecule has 0 spiro atoms. The maximum atomic E-state index is 4.68. The van der Waals surface area contributed by atoms with Crippen LogP contribution in [0.5, 0.6) is 0 Å². The van der Waals surface area contributed by atoms with Gasteiger partial charge in [0.1, 0.15) is 5.01 Å². The van der Waals surface area contributed by atoms with Gasteiger partial charge in [0.25, 0.3) is 0 Å². The van der Waals surface area contributed by atoms with Crippen LogP contribution in [0.2, 0.25) is 0 Å². The van der Waals surface area contributed by atoms with Gasteiger partial charge in [-0.1, -0.05) is 13.0 Å². The molecule has 2 heterocycles. The van der Waals surface area contributed by atoms with E-state index in [1.807, 2.05) is 13.0 Å². The van der Waals surface area contributed by atoms with Gasteiger partial charge in [0.15, 0.2) is 0 Å². The van der Waals surface area contributed by atoms with E-state index in [2.05, 4.69) is 51.7 Å². The monoisotopic (exact) mass is 304 g/mol. The van der Waals surface area contributed by atoms with Crippen molar-refractivity contribution in [1.82, 2.24) is 20.2 Å². The predicted octanol–water partition coefficient (Wildman–Crippen LogP) is 2.98. The maximum absolute atomic E-state index is 4.68. The van der Waals surface area contributed by atoms with Crippen molar-refractivity contribution in [3.63, 3.8) is 0 Å². The van der Waals surface area contributed by atoms with E-state index in [0.29, 0.717) is 0 Å². The lowest BCUT2D eigenvalue weighted by atomic mass is 10.3. The fraction of sp³-hybridized carbons (Fsp3) is 0.500. The molecule has 0 aromatic carbocycles. The fourth-order valence-corrected chi connectivity index (χ4v) is 2.93. The summed E-state index contributed by atoms with van der Waals surface area (Å²) in [6, 6.07) is 6.16. The van der Waals surface area contributed by atoms with Crippen molar-refractivity contribution in [3.05, 3.63) is 45.7 Å². The second-order valence-electron chi connectivity index (χ2n) is 5.35. The Bertz CT molecular complexity index is 553. The van der Waals surface area contributed by atoms with Crippen molar-refractivity contribution in [1.29, 1.82) is 0 Å². The highest BCUT2D eigenvalue weighted by Crippen LogP contribution is 2.12. The van der Waals surface area contributed by atoms with Crippen LogP contribution < -0.4 is 5.32 Å². The van der Waals surface area contributed by atoms with E-state index in [9.17, 15) is 0 Å². The zero-order valence-corrected chi connectivity index (χ0v) is 13.9. The quantitative estimate of drug-likeness (QED) is 0.761. The number of pyridine rings is 1. The highest BCUT2D eigenvalue weighted by molar-refractivity contribution is 7.09. The Labute approximate surface area is 131 Å². The molecule has 21 heavy (non-hydrogen) atoms. The van der Waals surface area contributed by atoms with E-state index in [1.165, 1.54) is 5.01 Å². The second-order valence-corrected chi connectivity index (χ2v) is 6.29. The number of aryl methyl sites for hydroxylation is 1. The van der Waals surface area contributed by atoms with Gasteiger partial charge in [0, 0.05) is 30.7 Å². The zero-order chi connectivity index (χ0) is 15.1. The van der Waals surface area contributed by atoms with Crippen molar-refractivity contribution in [2.75, 3.05) is 13.6 Å². The van der Waals surface area contributed by atoms with E-state index < -0.39 is 0 Å². The number of thiazole rings is 1. The van der Waals surface area contributed by atoms with Crippen LogP contribution in [-0.2, 0) is 19.6 Å². The van der Waals surface area contributed by atoms with Gasteiger partial charge in [0.05, 0.1) is 11.4 Å². The van der Waals surface area contributed by atoms with Crippen LogP contribution >= 0.6 is 11.3 Å². The first-order valence-electron chi connectivity index (χ1n) is 7.42. The van der Waals surface area contributed by atoms with Crippen molar-refractivity contribution in [2.45, 2.75) is 39.9 Å². The highest BCUT2D eigenvalue weighted by atomic mass is 32.1. The van der Waals surface area contributed by atoms with E-state index >= 15 is 0 Å². The lowest BCUT2D eigenvalue weighted by Crippen LogP contribution is -2.18. The Morgan fingerprint density at radius 2 is 2.00 bits per heavy atom. The van der Waals surface area contributed by atoms with Crippen LogP contribution in [0.25, 0.3) is 0 Å². The minimum atomic E-state index is 0.850. The average Bonchev–Trinajstić information content (AvgIpc) is 2.86. The largest absolute Gasteiger partial charge is 0.310 e. The first-order chi connectivity index (χ1) is 10.2. The first-order valence-corrected chi connectivity index (χ1v) is 8.30. The molecule has 0 amide bonds. The molecule has 4 nitrogen and oxygen atoms in total. The number of aromatic nitrogens is 2. The summed E-state index contributed by atoms with van der Waals surface area (Å²) in [6.45, 7) is 7.84. The molecule has 0 aliphatic rings. The summed E-state index contributed by atoms with van der Waals surface area (Å²) in [4.78, 5) is 11.5. The smallest absolute Gasteiger partial charge is 0.107 e. The average molecular weight is 304 g/mol. The molecule has 2 aromatic heterocycles. The van der Waals surface area contributed by atoms with Gasteiger partial charge < -0.3 is 5.32 Å². The fourth-order valence-electron chi connectivity index (χ4n) is 2.17. The molecule has 0 saturated heterocycles.